The molecule has 0 saturated carbocycles. The topological polar surface area (TPSA) is 109 Å². The first kappa shape index (κ1) is 30.2. The molecule has 7 nitrogen and oxygen atoms in total. The van der Waals surface area contributed by atoms with Crippen LogP contribution in [0.4, 0.5) is 5.69 Å². The van der Waals surface area contributed by atoms with Crippen LogP contribution in [0.2, 0.25) is 5.02 Å². The van der Waals surface area contributed by atoms with Crippen LogP contribution in [-0.2, 0) is 33.1 Å². The molecule has 41 heavy (non-hydrogen) atoms. The van der Waals surface area contributed by atoms with Crippen LogP contribution in [0.25, 0.3) is 10.9 Å². The first-order valence-electron chi connectivity index (χ1n) is 13.2. The molecule has 0 saturated heterocycles. The van der Waals surface area contributed by atoms with Gasteiger partial charge in [0.25, 0.3) is 0 Å². The van der Waals surface area contributed by atoms with E-state index in [9.17, 15) is 19.5 Å². The molecule has 1 amide bonds. The molecular weight excluding hydrogens is 560 g/mol. The zero-order valence-corrected chi connectivity index (χ0v) is 24.8. The normalized spacial score (nSPS) is 11.5. The van der Waals surface area contributed by atoms with Crippen molar-refractivity contribution in [1.82, 2.24) is 4.57 Å². The summed E-state index contributed by atoms with van der Waals surface area (Å²) in [5, 5.41) is 22.2. The average Bonchev–Trinajstić information content (AvgIpc) is 3.17. The second kappa shape index (κ2) is 12.8. The largest absolute Gasteiger partial charge is 0.481 e. The Morgan fingerprint density at radius 1 is 0.878 bits per heavy atom. The Bertz CT molecular complexity index is 1570. The second-order valence-corrected chi connectivity index (χ2v) is 12.3. The SMILES string of the molecule is CC(C)(C)c1ccc(CSCc2c(Cl)c3cc(NC(=O)CCC(=O)O)ccc3n2Cc2ccc(C(=O)O)cc2)cc1. The molecule has 1 aromatic heterocycles. The van der Waals surface area contributed by atoms with E-state index < -0.39 is 11.9 Å². The van der Waals surface area contributed by atoms with Crippen molar-refractivity contribution < 1.29 is 24.6 Å². The number of hydrogen-bond donors (Lipinski definition) is 3. The first-order chi connectivity index (χ1) is 19.4. The number of hydrogen-bond acceptors (Lipinski definition) is 4. The second-order valence-electron chi connectivity index (χ2n) is 11.0. The van der Waals surface area contributed by atoms with E-state index in [-0.39, 0.29) is 29.7 Å². The number of thioether (sulfide) groups is 1. The van der Waals surface area contributed by atoms with Gasteiger partial charge >= 0.3 is 11.9 Å². The number of carbonyl (C=O) groups is 3. The van der Waals surface area contributed by atoms with Gasteiger partial charge in [0.2, 0.25) is 5.91 Å². The molecule has 0 radical (unpaired) electrons. The number of amides is 1. The maximum atomic E-state index is 12.2. The van der Waals surface area contributed by atoms with E-state index >= 15 is 0 Å². The van der Waals surface area contributed by atoms with Gasteiger partial charge in [0.1, 0.15) is 0 Å². The van der Waals surface area contributed by atoms with Gasteiger partial charge in [-0.2, -0.15) is 11.8 Å². The van der Waals surface area contributed by atoms with Gasteiger partial charge in [0, 0.05) is 41.2 Å². The molecule has 0 atom stereocenters. The number of nitrogens with zero attached hydrogens (tertiary/aromatic N) is 1. The number of fused-ring (bicyclic) bond motifs is 1. The minimum absolute atomic E-state index is 0.0946. The number of carbonyl (C=O) groups excluding carboxylic acids is 1. The Kier molecular flexibility index (Phi) is 9.46. The van der Waals surface area contributed by atoms with Crippen LogP contribution in [-0.4, -0.2) is 32.6 Å². The van der Waals surface area contributed by atoms with Crippen molar-refractivity contribution in [3.8, 4) is 0 Å². The number of halogens is 1. The Morgan fingerprint density at radius 2 is 1.54 bits per heavy atom. The molecule has 0 aliphatic rings. The minimum atomic E-state index is -1.03. The number of anilines is 1. The molecule has 0 fully saturated rings. The maximum Gasteiger partial charge on any atom is 0.335 e. The summed E-state index contributed by atoms with van der Waals surface area (Å²) in [4.78, 5) is 34.3. The zero-order valence-electron chi connectivity index (χ0n) is 23.2. The summed E-state index contributed by atoms with van der Waals surface area (Å²) < 4.78 is 2.12. The monoisotopic (exact) mass is 592 g/mol. The number of carboxylic acids is 2. The van der Waals surface area contributed by atoms with Gasteiger partial charge in [-0.15, -0.1) is 0 Å². The van der Waals surface area contributed by atoms with E-state index in [0.29, 0.717) is 23.0 Å². The summed E-state index contributed by atoms with van der Waals surface area (Å²) in [6.07, 6.45) is -0.362. The molecule has 0 aliphatic heterocycles. The van der Waals surface area contributed by atoms with Crippen LogP contribution in [0.3, 0.4) is 0 Å². The van der Waals surface area contributed by atoms with E-state index in [1.54, 1.807) is 48.2 Å². The van der Waals surface area contributed by atoms with Crippen molar-refractivity contribution in [1.29, 1.82) is 0 Å². The lowest BCUT2D eigenvalue weighted by molar-refractivity contribution is -0.138. The molecule has 3 aromatic carbocycles. The van der Waals surface area contributed by atoms with E-state index in [2.05, 4.69) is 54.9 Å². The van der Waals surface area contributed by atoms with Gasteiger partial charge < -0.3 is 20.1 Å². The van der Waals surface area contributed by atoms with Gasteiger partial charge in [-0.3, -0.25) is 9.59 Å². The van der Waals surface area contributed by atoms with Crippen molar-refractivity contribution in [2.45, 2.75) is 57.1 Å². The summed E-state index contributed by atoms with van der Waals surface area (Å²) in [5.41, 5.74) is 6.10. The highest BCUT2D eigenvalue weighted by Gasteiger charge is 2.18. The van der Waals surface area contributed by atoms with Crippen LogP contribution < -0.4 is 5.32 Å². The lowest BCUT2D eigenvalue weighted by atomic mass is 9.87. The fourth-order valence-corrected chi connectivity index (χ4v) is 5.94. The van der Waals surface area contributed by atoms with Crippen LogP contribution in [0.1, 0.15) is 66.4 Å². The number of carboxylic acid groups (broad SMARTS) is 2. The number of nitrogens with one attached hydrogen (secondary N) is 1. The summed E-state index contributed by atoms with van der Waals surface area (Å²) >= 11 is 8.71. The lowest BCUT2D eigenvalue weighted by Gasteiger charge is -2.19. The van der Waals surface area contributed by atoms with Crippen molar-refractivity contribution in [3.05, 3.63) is 99.7 Å². The summed E-state index contributed by atoms with van der Waals surface area (Å²) in [5.74, 6) is -0.937. The van der Waals surface area contributed by atoms with Crippen LogP contribution in [0, 0.1) is 0 Å². The molecule has 1 heterocycles. The molecule has 3 N–H and O–H groups in total. The Morgan fingerprint density at radius 3 is 2.15 bits per heavy atom. The number of aromatic nitrogens is 1. The Hall–Kier alpha value is -3.75. The summed E-state index contributed by atoms with van der Waals surface area (Å²) in [6, 6.07) is 20.9. The minimum Gasteiger partial charge on any atom is -0.481 e. The number of rotatable bonds is 11. The molecule has 9 heteroatoms. The maximum absolute atomic E-state index is 12.2. The predicted octanol–water partition coefficient (Wildman–Crippen LogP) is 7.58. The summed E-state index contributed by atoms with van der Waals surface area (Å²) in [7, 11) is 0. The van der Waals surface area contributed by atoms with Gasteiger partial charge in [-0.05, 0) is 52.4 Å². The number of aliphatic carboxylic acids is 1. The highest BCUT2D eigenvalue weighted by molar-refractivity contribution is 7.97. The smallest absolute Gasteiger partial charge is 0.335 e. The first-order valence-corrected chi connectivity index (χ1v) is 14.8. The standard InChI is InChI=1S/C32H33ClN2O5S/c1-32(2,3)23-10-6-21(7-11-23)18-41-19-27-30(33)25-16-24(34-28(36)14-15-29(37)38)12-13-26(25)35(27)17-20-4-8-22(9-5-20)31(39)40/h4-13,16H,14-15,17-19H2,1-3H3,(H,34,36)(H,37,38)(H,39,40). The van der Waals surface area contributed by atoms with Crippen molar-refractivity contribution in [3.63, 3.8) is 0 Å². The van der Waals surface area contributed by atoms with E-state index in [1.807, 2.05) is 6.07 Å². The third kappa shape index (κ3) is 7.71. The van der Waals surface area contributed by atoms with Crippen molar-refractivity contribution in [2.75, 3.05) is 5.32 Å². The fourth-order valence-electron chi connectivity index (χ4n) is 4.51. The van der Waals surface area contributed by atoms with Gasteiger partial charge in [0.15, 0.2) is 0 Å². The molecule has 0 unspecified atom stereocenters. The molecule has 4 rings (SSSR count). The van der Waals surface area contributed by atoms with Crippen LogP contribution in [0.5, 0.6) is 0 Å². The highest BCUT2D eigenvalue weighted by atomic mass is 35.5. The van der Waals surface area contributed by atoms with Crippen molar-refractivity contribution in [2.24, 2.45) is 0 Å². The van der Waals surface area contributed by atoms with Gasteiger partial charge in [-0.25, -0.2) is 4.79 Å². The molecule has 214 valence electrons. The zero-order chi connectivity index (χ0) is 29.7. The molecule has 0 bridgehead atoms. The van der Waals surface area contributed by atoms with Crippen molar-refractivity contribution >= 4 is 57.8 Å². The van der Waals surface area contributed by atoms with Crippen LogP contribution >= 0.6 is 23.4 Å². The van der Waals surface area contributed by atoms with Gasteiger partial charge in [-0.1, -0.05) is 68.8 Å². The Labute approximate surface area is 248 Å². The molecular formula is C32H33ClN2O5S. The number of benzene rings is 3. The lowest BCUT2D eigenvalue weighted by Crippen LogP contribution is -2.13. The molecule has 4 aromatic rings. The average molecular weight is 593 g/mol. The van der Waals surface area contributed by atoms with E-state index in [4.69, 9.17) is 16.7 Å². The van der Waals surface area contributed by atoms with Gasteiger partial charge in [0.05, 0.1) is 22.5 Å². The third-order valence-corrected chi connectivity index (χ3v) is 8.26. The Balaban J connectivity index is 1.61. The van der Waals surface area contributed by atoms with E-state index in [1.165, 1.54) is 11.1 Å². The fraction of sp³-hybridized carbons (Fsp3) is 0.281. The molecule has 0 spiro atoms. The number of aromatic carboxylic acids is 1. The predicted molar refractivity (Wildman–Crippen MR) is 165 cm³/mol. The quantitative estimate of drug-likeness (QED) is 0.166. The van der Waals surface area contributed by atoms with Crippen LogP contribution in [0.15, 0.2) is 66.7 Å². The third-order valence-electron chi connectivity index (χ3n) is 6.82. The van der Waals surface area contributed by atoms with E-state index in [0.717, 1.165) is 27.9 Å². The summed E-state index contributed by atoms with van der Waals surface area (Å²) in [6.45, 7) is 7.07. The molecule has 0 aliphatic carbocycles. The highest BCUT2D eigenvalue weighted by Crippen LogP contribution is 2.36.